The molecule has 0 fully saturated rings. The van der Waals surface area contributed by atoms with E-state index in [0.29, 0.717) is 12.4 Å². The fraction of sp³-hybridized carbons (Fsp3) is 0.188. The molecule has 0 spiro atoms. The summed E-state index contributed by atoms with van der Waals surface area (Å²) in [6.07, 6.45) is 7.90. The van der Waals surface area contributed by atoms with E-state index >= 15 is 0 Å². The first-order valence-corrected chi connectivity index (χ1v) is 7.59. The van der Waals surface area contributed by atoms with Gasteiger partial charge in [-0.25, -0.2) is 15.0 Å². The van der Waals surface area contributed by atoms with Crippen molar-refractivity contribution in [2.75, 3.05) is 11.4 Å². The molecule has 0 atom stereocenters. The molecule has 0 N–H and O–H groups in total. The van der Waals surface area contributed by atoms with E-state index in [1.165, 1.54) is 22.8 Å². The molecule has 0 amide bonds. The molecule has 2 aromatic heterocycles. The van der Waals surface area contributed by atoms with Crippen LogP contribution in [-0.2, 0) is 6.42 Å². The molecule has 1 aliphatic heterocycles. The minimum atomic E-state index is -0.429. The molecule has 0 radical (unpaired) electrons. The number of para-hydroxylation sites is 1. The van der Waals surface area contributed by atoms with Gasteiger partial charge in [-0.15, -0.1) is 0 Å². The number of fused-ring (bicyclic) bond motifs is 1. The first-order chi connectivity index (χ1) is 11.8. The zero-order valence-electron chi connectivity index (χ0n) is 12.7. The summed E-state index contributed by atoms with van der Waals surface area (Å²) in [6.45, 7) is 0.679. The van der Waals surface area contributed by atoms with Crippen LogP contribution in [0.15, 0.2) is 49.3 Å². The molecular weight excluding hydrogens is 308 g/mol. The Bertz CT molecular complexity index is 893. The van der Waals surface area contributed by atoms with Gasteiger partial charge < -0.3 is 4.90 Å². The Morgan fingerprint density at radius 3 is 2.79 bits per heavy atom. The summed E-state index contributed by atoms with van der Waals surface area (Å²) >= 11 is 0. The molecule has 0 unspecified atom stereocenters. The lowest BCUT2D eigenvalue weighted by Crippen LogP contribution is -2.26. The summed E-state index contributed by atoms with van der Waals surface area (Å²) in [5.74, 6) is 0.524. The highest BCUT2D eigenvalue weighted by atomic mass is 16.6. The lowest BCUT2D eigenvalue weighted by molar-refractivity contribution is -0.384. The van der Waals surface area contributed by atoms with Crippen LogP contribution >= 0.6 is 0 Å². The standard InChI is InChI=1S/C16H14N6O2/c23-22(24)14-15(20-9-7-17-11-20)18-10-19-16(14)21-8-3-5-12-4-1-2-6-13(12)21/h1-2,4,6-7,9-11H,3,5,8H2. The van der Waals surface area contributed by atoms with Gasteiger partial charge in [0.1, 0.15) is 12.7 Å². The maximum absolute atomic E-state index is 11.8. The lowest BCUT2D eigenvalue weighted by atomic mass is 10.0. The summed E-state index contributed by atoms with van der Waals surface area (Å²) in [7, 11) is 0. The van der Waals surface area contributed by atoms with Gasteiger partial charge in [-0.3, -0.25) is 14.7 Å². The van der Waals surface area contributed by atoms with E-state index in [2.05, 4.69) is 15.0 Å². The largest absolute Gasteiger partial charge is 0.354 e. The molecule has 120 valence electrons. The highest BCUT2D eigenvalue weighted by Crippen LogP contribution is 2.38. The highest BCUT2D eigenvalue weighted by molar-refractivity contribution is 5.74. The fourth-order valence-electron chi connectivity index (χ4n) is 3.05. The van der Waals surface area contributed by atoms with Crippen molar-refractivity contribution < 1.29 is 4.92 Å². The number of rotatable bonds is 3. The van der Waals surface area contributed by atoms with Gasteiger partial charge in [-0.2, -0.15) is 0 Å². The van der Waals surface area contributed by atoms with Crippen LogP contribution in [0, 0.1) is 10.1 Å². The number of aromatic nitrogens is 4. The topological polar surface area (TPSA) is 90.0 Å². The smallest absolute Gasteiger partial charge is 0.320 e. The predicted molar refractivity (Wildman–Crippen MR) is 87.6 cm³/mol. The highest BCUT2D eigenvalue weighted by Gasteiger charge is 2.30. The number of nitrogens with zero attached hydrogens (tertiary/aromatic N) is 6. The molecular formula is C16H14N6O2. The van der Waals surface area contributed by atoms with Crippen molar-refractivity contribution in [3.8, 4) is 5.82 Å². The third-order valence-electron chi connectivity index (χ3n) is 4.08. The van der Waals surface area contributed by atoms with Gasteiger partial charge in [0.2, 0.25) is 11.6 Å². The van der Waals surface area contributed by atoms with Gasteiger partial charge in [-0.05, 0) is 24.5 Å². The SMILES string of the molecule is O=[N+]([O-])c1c(N2CCCc3ccccc32)ncnc1-n1ccnc1. The number of anilines is 2. The van der Waals surface area contributed by atoms with Crippen LogP contribution in [0.4, 0.5) is 17.2 Å². The Hall–Kier alpha value is -3.29. The van der Waals surface area contributed by atoms with E-state index in [1.54, 1.807) is 12.4 Å². The first-order valence-electron chi connectivity index (χ1n) is 7.59. The van der Waals surface area contributed by atoms with Crippen molar-refractivity contribution >= 4 is 17.2 Å². The monoisotopic (exact) mass is 322 g/mol. The van der Waals surface area contributed by atoms with Gasteiger partial charge >= 0.3 is 5.69 Å². The number of benzene rings is 1. The zero-order chi connectivity index (χ0) is 16.5. The number of hydrogen-bond donors (Lipinski definition) is 0. The molecule has 24 heavy (non-hydrogen) atoms. The second kappa shape index (κ2) is 5.73. The van der Waals surface area contributed by atoms with Crippen molar-refractivity contribution in [2.24, 2.45) is 0 Å². The lowest BCUT2D eigenvalue weighted by Gasteiger charge is -2.30. The summed E-state index contributed by atoms with van der Waals surface area (Å²) in [5.41, 5.74) is 2.01. The molecule has 3 aromatic rings. The molecule has 0 saturated carbocycles. The molecule has 8 nitrogen and oxygen atoms in total. The predicted octanol–water partition coefficient (Wildman–Crippen LogP) is 2.65. The van der Waals surface area contributed by atoms with Crippen molar-refractivity contribution in [3.63, 3.8) is 0 Å². The summed E-state index contributed by atoms with van der Waals surface area (Å²) in [4.78, 5) is 25.5. The van der Waals surface area contributed by atoms with Gasteiger partial charge in [-0.1, -0.05) is 18.2 Å². The van der Waals surface area contributed by atoms with Crippen LogP contribution in [0.3, 0.4) is 0 Å². The summed E-state index contributed by atoms with van der Waals surface area (Å²) in [6, 6.07) is 7.93. The average molecular weight is 322 g/mol. The molecule has 3 heterocycles. The first kappa shape index (κ1) is 14.3. The third kappa shape index (κ3) is 2.28. The van der Waals surface area contributed by atoms with Gasteiger partial charge in [0, 0.05) is 24.6 Å². The maximum Gasteiger partial charge on any atom is 0.354 e. The second-order valence-corrected chi connectivity index (χ2v) is 5.48. The molecule has 1 aromatic carbocycles. The molecule has 8 heteroatoms. The molecule has 0 saturated heterocycles. The van der Waals surface area contributed by atoms with Gasteiger partial charge in [0.05, 0.1) is 4.92 Å². The van der Waals surface area contributed by atoms with Crippen molar-refractivity contribution in [2.45, 2.75) is 12.8 Å². The van der Waals surface area contributed by atoms with Gasteiger partial charge in [0.15, 0.2) is 0 Å². The average Bonchev–Trinajstić information content (AvgIpc) is 3.15. The third-order valence-corrected chi connectivity index (χ3v) is 4.08. The number of imidazole rings is 1. The molecule has 4 rings (SSSR count). The van der Waals surface area contributed by atoms with E-state index in [9.17, 15) is 10.1 Å². The number of hydrogen-bond acceptors (Lipinski definition) is 6. The van der Waals surface area contributed by atoms with Crippen LogP contribution in [0.1, 0.15) is 12.0 Å². The van der Waals surface area contributed by atoms with Crippen LogP contribution in [0.5, 0.6) is 0 Å². The van der Waals surface area contributed by atoms with Crippen LogP contribution in [0.2, 0.25) is 0 Å². The Kier molecular flexibility index (Phi) is 3.42. The fourth-order valence-corrected chi connectivity index (χ4v) is 3.05. The van der Waals surface area contributed by atoms with E-state index < -0.39 is 4.92 Å². The number of nitro groups is 1. The maximum atomic E-state index is 11.8. The Balaban J connectivity index is 1.91. The molecule has 0 aliphatic carbocycles. The summed E-state index contributed by atoms with van der Waals surface area (Å²) in [5, 5.41) is 11.8. The van der Waals surface area contributed by atoms with Crippen molar-refractivity contribution in [3.05, 3.63) is 65.0 Å². The van der Waals surface area contributed by atoms with Crippen LogP contribution in [-0.4, -0.2) is 31.0 Å². The van der Waals surface area contributed by atoms with Crippen LogP contribution in [0.25, 0.3) is 5.82 Å². The van der Waals surface area contributed by atoms with E-state index in [1.807, 2.05) is 29.2 Å². The van der Waals surface area contributed by atoms with Gasteiger partial charge in [0.25, 0.3) is 0 Å². The minimum absolute atomic E-state index is 0.118. The Morgan fingerprint density at radius 1 is 1.17 bits per heavy atom. The van der Waals surface area contributed by atoms with E-state index in [4.69, 9.17) is 0 Å². The van der Waals surface area contributed by atoms with Crippen molar-refractivity contribution in [1.82, 2.24) is 19.5 Å². The Labute approximate surface area is 137 Å². The second-order valence-electron chi connectivity index (χ2n) is 5.48. The Morgan fingerprint density at radius 2 is 2.00 bits per heavy atom. The van der Waals surface area contributed by atoms with Crippen LogP contribution < -0.4 is 4.90 Å². The quantitative estimate of drug-likeness (QED) is 0.544. The zero-order valence-corrected chi connectivity index (χ0v) is 12.7. The molecule has 1 aliphatic rings. The van der Waals surface area contributed by atoms with E-state index in [0.717, 1.165) is 18.5 Å². The summed E-state index contributed by atoms with van der Waals surface area (Å²) < 4.78 is 1.53. The minimum Gasteiger partial charge on any atom is -0.320 e. The normalized spacial score (nSPS) is 13.6. The number of aryl methyl sites for hydroxylation is 1. The van der Waals surface area contributed by atoms with Crippen molar-refractivity contribution in [1.29, 1.82) is 0 Å². The van der Waals surface area contributed by atoms with E-state index in [-0.39, 0.29) is 11.5 Å². The molecule has 0 bridgehead atoms.